The number of aromatic nitrogens is 3. The van der Waals surface area contributed by atoms with E-state index >= 15 is 0 Å². The SMILES string of the molecule is CCc1cn(Cc2csc(N(C)C(C)=O)n2)cn1. The summed E-state index contributed by atoms with van der Waals surface area (Å²) < 4.78 is 2.01. The number of anilines is 1. The van der Waals surface area contributed by atoms with Crippen molar-refractivity contribution in [2.24, 2.45) is 0 Å². The maximum Gasteiger partial charge on any atom is 0.225 e. The third-order valence-electron chi connectivity index (χ3n) is 2.69. The molecule has 5 nitrogen and oxygen atoms in total. The average molecular weight is 264 g/mol. The topological polar surface area (TPSA) is 51.0 Å². The number of carbonyl (C=O) groups excluding carboxylic acids is 1. The van der Waals surface area contributed by atoms with E-state index in [-0.39, 0.29) is 5.91 Å². The lowest BCUT2D eigenvalue weighted by atomic mass is 10.4. The summed E-state index contributed by atoms with van der Waals surface area (Å²) in [6.07, 6.45) is 4.77. The van der Waals surface area contributed by atoms with Gasteiger partial charge in [-0.1, -0.05) is 6.92 Å². The molecule has 0 aliphatic heterocycles. The van der Waals surface area contributed by atoms with Crippen LogP contribution in [0.2, 0.25) is 0 Å². The Hall–Kier alpha value is -1.69. The van der Waals surface area contributed by atoms with Gasteiger partial charge in [0.25, 0.3) is 0 Å². The molecule has 2 rings (SSSR count). The maximum absolute atomic E-state index is 11.2. The zero-order valence-electron chi connectivity index (χ0n) is 10.8. The Balaban J connectivity index is 2.08. The van der Waals surface area contributed by atoms with Gasteiger partial charge in [-0.2, -0.15) is 0 Å². The van der Waals surface area contributed by atoms with E-state index in [4.69, 9.17) is 0 Å². The van der Waals surface area contributed by atoms with Crippen molar-refractivity contribution in [2.45, 2.75) is 26.8 Å². The number of nitrogens with zero attached hydrogens (tertiary/aromatic N) is 4. The van der Waals surface area contributed by atoms with Crippen LogP contribution in [0.15, 0.2) is 17.9 Å². The first-order valence-electron chi connectivity index (χ1n) is 5.79. The van der Waals surface area contributed by atoms with Crippen LogP contribution in [0.1, 0.15) is 25.2 Å². The molecule has 0 spiro atoms. The Labute approximate surface area is 110 Å². The van der Waals surface area contributed by atoms with Gasteiger partial charge in [-0.05, 0) is 6.42 Å². The lowest BCUT2D eigenvalue weighted by Gasteiger charge is -2.09. The molecule has 0 bridgehead atoms. The van der Waals surface area contributed by atoms with Gasteiger partial charge < -0.3 is 4.57 Å². The molecule has 0 saturated carbocycles. The molecule has 2 aromatic rings. The number of aryl methyl sites for hydroxylation is 1. The molecule has 6 heteroatoms. The number of rotatable bonds is 4. The highest BCUT2D eigenvalue weighted by atomic mass is 32.1. The Morgan fingerprint density at radius 1 is 1.50 bits per heavy atom. The first kappa shape index (κ1) is 12.8. The summed E-state index contributed by atoms with van der Waals surface area (Å²) in [5, 5.41) is 2.70. The number of hydrogen-bond acceptors (Lipinski definition) is 4. The van der Waals surface area contributed by atoms with Crippen LogP contribution in [0.4, 0.5) is 5.13 Å². The van der Waals surface area contributed by atoms with Crippen molar-refractivity contribution in [3.05, 3.63) is 29.3 Å². The van der Waals surface area contributed by atoms with Gasteiger partial charge in [0, 0.05) is 25.5 Å². The third kappa shape index (κ3) is 2.76. The minimum Gasteiger partial charge on any atom is -0.331 e. The molecule has 0 atom stereocenters. The summed E-state index contributed by atoms with van der Waals surface area (Å²) in [5.41, 5.74) is 2.02. The Morgan fingerprint density at radius 3 is 2.89 bits per heavy atom. The summed E-state index contributed by atoms with van der Waals surface area (Å²) in [6, 6.07) is 0. The fraction of sp³-hybridized carbons (Fsp3) is 0.417. The van der Waals surface area contributed by atoms with Gasteiger partial charge in [-0.25, -0.2) is 9.97 Å². The predicted molar refractivity (Wildman–Crippen MR) is 71.9 cm³/mol. The van der Waals surface area contributed by atoms with Crippen LogP contribution < -0.4 is 4.90 Å². The van der Waals surface area contributed by atoms with Gasteiger partial charge in [0.15, 0.2) is 5.13 Å². The number of carbonyl (C=O) groups is 1. The number of thiazole rings is 1. The highest BCUT2D eigenvalue weighted by molar-refractivity contribution is 7.14. The van der Waals surface area contributed by atoms with Crippen molar-refractivity contribution < 1.29 is 4.79 Å². The van der Waals surface area contributed by atoms with Crippen LogP contribution in [0.3, 0.4) is 0 Å². The maximum atomic E-state index is 11.2. The third-order valence-corrected chi connectivity index (χ3v) is 3.66. The van der Waals surface area contributed by atoms with E-state index < -0.39 is 0 Å². The normalized spacial score (nSPS) is 10.6. The van der Waals surface area contributed by atoms with Gasteiger partial charge in [0.2, 0.25) is 5.91 Å². The Bertz CT molecular complexity index is 546. The highest BCUT2D eigenvalue weighted by Gasteiger charge is 2.10. The Morgan fingerprint density at radius 2 is 2.28 bits per heavy atom. The molecule has 0 aliphatic rings. The lowest BCUT2D eigenvalue weighted by Crippen LogP contribution is -2.22. The molecule has 1 amide bonds. The van der Waals surface area contributed by atoms with E-state index in [2.05, 4.69) is 16.9 Å². The molecule has 0 aliphatic carbocycles. The highest BCUT2D eigenvalue weighted by Crippen LogP contribution is 2.20. The molecule has 0 N–H and O–H groups in total. The van der Waals surface area contributed by atoms with Crippen molar-refractivity contribution >= 4 is 22.4 Å². The lowest BCUT2D eigenvalue weighted by molar-refractivity contribution is -0.116. The van der Waals surface area contributed by atoms with Crippen molar-refractivity contribution in [3.63, 3.8) is 0 Å². The molecule has 18 heavy (non-hydrogen) atoms. The minimum atomic E-state index is -0.00759. The molecule has 0 saturated heterocycles. The minimum absolute atomic E-state index is 0.00759. The first-order valence-corrected chi connectivity index (χ1v) is 6.67. The summed E-state index contributed by atoms with van der Waals surface area (Å²) in [7, 11) is 1.73. The molecular weight excluding hydrogens is 248 g/mol. The van der Waals surface area contributed by atoms with Gasteiger partial charge in [0.1, 0.15) is 0 Å². The molecule has 0 aromatic carbocycles. The largest absolute Gasteiger partial charge is 0.331 e. The van der Waals surface area contributed by atoms with E-state index in [9.17, 15) is 4.79 Å². The molecule has 0 unspecified atom stereocenters. The van der Waals surface area contributed by atoms with Crippen molar-refractivity contribution in [1.29, 1.82) is 0 Å². The van der Waals surface area contributed by atoms with Crippen LogP contribution in [0.5, 0.6) is 0 Å². The molecule has 2 heterocycles. The van der Waals surface area contributed by atoms with Crippen molar-refractivity contribution in [1.82, 2.24) is 14.5 Å². The van der Waals surface area contributed by atoms with Gasteiger partial charge in [-0.3, -0.25) is 9.69 Å². The summed E-state index contributed by atoms with van der Waals surface area (Å²) in [6.45, 7) is 4.30. The number of imidazole rings is 1. The fourth-order valence-corrected chi connectivity index (χ4v) is 2.35. The second-order valence-corrected chi connectivity index (χ2v) is 4.93. The van der Waals surface area contributed by atoms with Crippen molar-refractivity contribution in [2.75, 3.05) is 11.9 Å². The second kappa shape index (κ2) is 5.30. The number of hydrogen-bond donors (Lipinski definition) is 0. The van der Waals surface area contributed by atoms with Crippen molar-refractivity contribution in [3.8, 4) is 0 Å². The van der Waals surface area contributed by atoms with E-state index in [1.54, 1.807) is 11.9 Å². The monoisotopic (exact) mass is 264 g/mol. The van der Waals surface area contributed by atoms with E-state index in [0.717, 1.165) is 22.9 Å². The fourth-order valence-electron chi connectivity index (χ4n) is 1.52. The predicted octanol–water partition coefficient (Wildman–Crippen LogP) is 1.93. The summed E-state index contributed by atoms with van der Waals surface area (Å²) >= 11 is 1.48. The summed E-state index contributed by atoms with van der Waals surface area (Å²) in [4.78, 5) is 21.5. The smallest absolute Gasteiger partial charge is 0.225 e. The molecular formula is C12H16N4OS. The molecule has 96 valence electrons. The molecule has 2 aromatic heterocycles. The van der Waals surface area contributed by atoms with Crippen LogP contribution >= 0.6 is 11.3 Å². The van der Waals surface area contributed by atoms with Crippen LogP contribution in [0.25, 0.3) is 0 Å². The van der Waals surface area contributed by atoms with Crippen LogP contribution in [0, 0.1) is 0 Å². The first-order chi connectivity index (χ1) is 8.60. The van der Waals surface area contributed by atoms with E-state index in [1.165, 1.54) is 18.3 Å². The van der Waals surface area contributed by atoms with Gasteiger partial charge in [0.05, 0.1) is 24.3 Å². The average Bonchev–Trinajstić information content (AvgIpc) is 2.97. The summed E-state index contributed by atoms with van der Waals surface area (Å²) in [5.74, 6) is -0.00759. The van der Waals surface area contributed by atoms with Gasteiger partial charge in [-0.15, -0.1) is 11.3 Å². The quantitative estimate of drug-likeness (QED) is 0.848. The zero-order valence-corrected chi connectivity index (χ0v) is 11.6. The molecule has 0 fully saturated rings. The zero-order chi connectivity index (χ0) is 13.1. The van der Waals surface area contributed by atoms with Crippen LogP contribution in [-0.2, 0) is 17.8 Å². The Kier molecular flexibility index (Phi) is 3.76. The van der Waals surface area contributed by atoms with Crippen LogP contribution in [-0.4, -0.2) is 27.5 Å². The second-order valence-electron chi connectivity index (χ2n) is 4.09. The van der Waals surface area contributed by atoms with E-state index in [0.29, 0.717) is 6.54 Å². The number of amides is 1. The standard InChI is InChI=1S/C12H16N4OS/c1-4-10-5-16(8-13-10)6-11-7-18-12(14-11)15(3)9(2)17/h5,7-8H,4,6H2,1-3H3. The van der Waals surface area contributed by atoms with E-state index in [1.807, 2.05) is 22.5 Å². The molecule has 0 radical (unpaired) electrons. The van der Waals surface area contributed by atoms with Gasteiger partial charge >= 0.3 is 0 Å².